The first-order valence-electron chi connectivity index (χ1n) is 5.32. The second kappa shape index (κ2) is 4.51. The van der Waals surface area contributed by atoms with Gasteiger partial charge in [0.15, 0.2) is 0 Å². The van der Waals surface area contributed by atoms with E-state index in [0.29, 0.717) is 5.92 Å². The van der Waals surface area contributed by atoms with E-state index in [9.17, 15) is 0 Å². The Labute approximate surface area is 85.0 Å². The van der Waals surface area contributed by atoms with Crippen molar-refractivity contribution in [3.05, 3.63) is 24.3 Å². The molecule has 1 aromatic rings. The van der Waals surface area contributed by atoms with Crippen molar-refractivity contribution in [1.82, 2.24) is 15.3 Å². The zero-order valence-corrected chi connectivity index (χ0v) is 8.61. The van der Waals surface area contributed by atoms with Gasteiger partial charge >= 0.3 is 0 Å². The van der Waals surface area contributed by atoms with Gasteiger partial charge in [0.05, 0.1) is 0 Å². The van der Waals surface area contributed by atoms with E-state index < -0.39 is 0 Å². The highest BCUT2D eigenvalue weighted by Gasteiger charge is 2.20. The van der Waals surface area contributed by atoms with Gasteiger partial charge in [-0.2, -0.15) is 0 Å². The van der Waals surface area contributed by atoms with Crippen LogP contribution in [0.4, 0.5) is 0 Å². The summed E-state index contributed by atoms with van der Waals surface area (Å²) in [4.78, 5) is 8.03. The van der Waals surface area contributed by atoms with Gasteiger partial charge in [-0.1, -0.05) is 6.92 Å². The molecule has 1 atom stereocenters. The van der Waals surface area contributed by atoms with Crippen molar-refractivity contribution in [2.45, 2.75) is 32.2 Å². The van der Waals surface area contributed by atoms with Crippen LogP contribution in [0.5, 0.6) is 0 Å². The smallest absolute Gasteiger partial charge is 0.115 e. The molecule has 3 nitrogen and oxygen atoms in total. The van der Waals surface area contributed by atoms with Crippen LogP contribution in [0.1, 0.15) is 25.3 Å². The Hall–Kier alpha value is -0.960. The van der Waals surface area contributed by atoms with Gasteiger partial charge in [-0.25, -0.2) is 9.97 Å². The molecule has 0 spiro atoms. The lowest BCUT2D eigenvalue weighted by molar-refractivity contribution is 0.508. The van der Waals surface area contributed by atoms with Crippen LogP contribution < -0.4 is 5.32 Å². The fraction of sp³-hybridized carbons (Fsp3) is 0.636. The second-order valence-corrected chi connectivity index (χ2v) is 4.24. The monoisotopic (exact) mass is 191 g/mol. The van der Waals surface area contributed by atoms with Crippen molar-refractivity contribution in [2.24, 2.45) is 5.92 Å². The predicted octanol–water partition coefficient (Wildman–Crippen LogP) is 1.41. The summed E-state index contributed by atoms with van der Waals surface area (Å²) in [5, 5.41) is 3.54. The topological polar surface area (TPSA) is 37.8 Å². The molecule has 1 heterocycles. The van der Waals surface area contributed by atoms with E-state index in [4.69, 9.17) is 0 Å². The van der Waals surface area contributed by atoms with E-state index in [2.05, 4.69) is 22.2 Å². The Morgan fingerprint density at radius 2 is 2.14 bits per heavy atom. The zero-order chi connectivity index (χ0) is 9.80. The number of hydrogen-bond acceptors (Lipinski definition) is 3. The number of rotatable bonds is 5. The van der Waals surface area contributed by atoms with Crippen molar-refractivity contribution in [3.63, 3.8) is 0 Å². The number of nitrogens with one attached hydrogen (secondary N) is 1. The van der Waals surface area contributed by atoms with E-state index in [1.54, 1.807) is 6.33 Å². The van der Waals surface area contributed by atoms with Gasteiger partial charge in [-0.15, -0.1) is 0 Å². The minimum Gasteiger partial charge on any atom is -0.314 e. The molecule has 0 radical (unpaired) electrons. The first kappa shape index (κ1) is 9.59. The van der Waals surface area contributed by atoms with Gasteiger partial charge in [-0.05, 0) is 37.3 Å². The Morgan fingerprint density at radius 3 is 2.79 bits per heavy atom. The second-order valence-electron chi connectivity index (χ2n) is 4.24. The van der Waals surface area contributed by atoms with Crippen LogP contribution in [0.25, 0.3) is 0 Å². The van der Waals surface area contributed by atoms with Gasteiger partial charge in [0, 0.05) is 18.4 Å². The third-order valence-electron chi connectivity index (χ3n) is 2.53. The van der Waals surface area contributed by atoms with E-state index in [1.807, 2.05) is 12.4 Å². The Bertz CT molecular complexity index is 269. The fourth-order valence-electron chi connectivity index (χ4n) is 1.57. The van der Waals surface area contributed by atoms with Crippen LogP contribution in [0.2, 0.25) is 0 Å². The van der Waals surface area contributed by atoms with Crippen LogP contribution >= 0.6 is 0 Å². The molecule has 0 aliphatic heterocycles. The average Bonchev–Trinajstić information content (AvgIpc) is 3.00. The number of hydrogen-bond donors (Lipinski definition) is 1. The first-order chi connectivity index (χ1) is 6.84. The summed E-state index contributed by atoms with van der Waals surface area (Å²) in [5.74, 6) is 0.668. The maximum absolute atomic E-state index is 4.01. The molecule has 1 N–H and O–H groups in total. The maximum atomic E-state index is 4.01. The minimum atomic E-state index is 0.668. The van der Waals surface area contributed by atoms with Crippen LogP contribution in [-0.2, 0) is 6.42 Å². The lowest BCUT2D eigenvalue weighted by atomic mass is 10.0. The van der Waals surface area contributed by atoms with E-state index in [1.165, 1.54) is 18.4 Å². The summed E-state index contributed by atoms with van der Waals surface area (Å²) in [6, 6.07) is 0.810. The van der Waals surface area contributed by atoms with Crippen molar-refractivity contribution in [3.8, 4) is 0 Å². The molecule has 14 heavy (non-hydrogen) atoms. The SMILES string of the molecule is CC(CNC1CC1)Cc1cncnc1. The minimum absolute atomic E-state index is 0.668. The molecular weight excluding hydrogens is 174 g/mol. The van der Waals surface area contributed by atoms with Crippen LogP contribution in [0.3, 0.4) is 0 Å². The molecule has 1 aromatic heterocycles. The summed E-state index contributed by atoms with van der Waals surface area (Å²) in [6.45, 7) is 3.38. The van der Waals surface area contributed by atoms with E-state index in [-0.39, 0.29) is 0 Å². The quantitative estimate of drug-likeness (QED) is 0.764. The highest BCUT2D eigenvalue weighted by Crippen LogP contribution is 2.19. The summed E-state index contributed by atoms with van der Waals surface area (Å²) < 4.78 is 0. The summed E-state index contributed by atoms with van der Waals surface area (Å²) in [7, 11) is 0. The predicted molar refractivity (Wildman–Crippen MR) is 55.9 cm³/mol. The van der Waals surface area contributed by atoms with Gasteiger partial charge in [-0.3, -0.25) is 0 Å². The van der Waals surface area contributed by atoms with Crippen LogP contribution in [-0.4, -0.2) is 22.6 Å². The van der Waals surface area contributed by atoms with Crippen molar-refractivity contribution >= 4 is 0 Å². The molecular formula is C11H17N3. The molecule has 1 aliphatic carbocycles. The lowest BCUT2D eigenvalue weighted by Gasteiger charge is -2.11. The van der Waals surface area contributed by atoms with Crippen molar-refractivity contribution in [2.75, 3.05) is 6.54 Å². The summed E-state index contributed by atoms with van der Waals surface area (Å²) in [6.07, 6.45) is 9.18. The van der Waals surface area contributed by atoms with Gasteiger partial charge in [0.1, 0.15) is 6.33 Å². The standard InChI is InChI=1S/C11H17N3/c1-9(5-14-11-2-3-11)4-10-6-12-8-13-7-10/h6-9,11,14H,2-5H2,1H3. The number of aromatic nitrogens is 2. The van der Waals surface area contributed by atoms with Crippen LogP contribution in [0.15, 0.2) is 18.7 Å². The summed E-state index contributed by atoms with van der Waals surface area (Å²) in [5.41, 5.74) is 1.23. The Morgan fingerprint density at radius 1 is 1.43 bits per heavy atom. The first-order valence-corrected chi connectivity index (χ1v) is 5.32. The molecule has 0 bridgehead atoms. The molecule has 1 saturated carbocycles. The molecule has 0 saturated heterocycles. The highest BCUT2D eigenvalue weighted by atomic mass is 14.9. The lowest BCUT2D eigenvalue weighted by Crippen LogP contribution is -2.24. The molecule has 0 amide bonds. The van der Waals surface area contributed by atoms with Crippen LogP contribution in [0, 0.1) is 5.92 Å². The molecule has 1 unspecified atom stereocenters. The normalized spacial score (nSPS) is 18.1. The van der Waals surface area contributed by atoms with Crippen molar-refractivity contribution in [1.29, 1.82) is 0 Å². The van der Waals surface area contributed by atoms with Crippen molar-refractivity contribution < 1.29 is 0 Å². The molecule has 1 aliphatic rings. The van der Waals surface area contributed by atoms with E-state index in [0.717, 1.165) is 19.0 Å². The average molecular weight is 191 g/mol. The molecule has 3 heteroatoms. The molecule has 1 fully saturated rings. The van der Waals surface area contributed by atoms with Gasteiger partial charge < -0.3 is 5.32 Å². The zero-order valence-electron chi connectivity index (χ0n) is 8.61. The third kappa shape index (κ3) is 3.07. The van der Waals surface area contributed by atoms with Gasteiger partial charge in [0.2, 0.25) is 0 Å². The summed E-state index contributed by atoms with van der Waals surface area (Å²) >= 11 is 0. The molecule has 76 valence electrons. The Kier molecular flexibility index (Phi) is 3.09. The molecule has 2 rings (SSSR count). The highest BCUT2D eigenvalue weighted by molar-refractivity contribution is 5.03. The largest absolute Gasteiger partial charge is 0.314 e. The third-order valence-corrected chi connectivity index (χ3v) is 2.53. The van der Waals surface area contributed by atoms with E-state index >= 15 is 0 Å². The Balaban J connectivity index is 1.73. The number of nitrogens with zero attached hydrogens (tertiary/aromatic N) is 2. The maximum Gasteiger partial charge on any atom is 0.115 e. The van der Waals surface area contributed by atoms with Gasteiger partial charge in [0.25, 0.3) is 0 Å². The molecule has 0 aromatic carbocycles. The fourth-order valence-corrected chi connectivity index (χ4v) is 1.57.